The average molecular weight is 337 g/mol. The van der Waals surface area contributed by atoms with Gasteiger partial charge in [-0.05, 0) is 22.3 Å². The van der Waals surface area contributed by atoms with E-state index in [0.717, 1.165) is 24.2 Å². The summed E-state index contributed by atoms with van der Waals surface area (Å²) in [5.74, 6) is -0.228. The van der Waals surface area contributed by atoms with Gasteiger partial charge in [-0.2, -0.15) is 0 Å². The van der Waals surface area contributed by atoms with Crippen LogP contribution >= 0.6 is 0 Å². The maximum absolute atomic E-state index is 12.3. The molecule has 0 radical (unpaired) electrons. The van der Waals surface area contributed by atoms with Crippen molar-refractivity contribution in [2.75, 3.05) is 0 Å². The van der Waals surface area contributed by atoms with Gasteiger partial charge in [0.1, 0.15) is 0 Å². The minimum Gasteiger partial charge on any atom is -0.352 e. The summed E-state index contributed by atoms with van der Waals surface area (Å²) in [5.41, 5.74) is 4.64. The third kappa shape index (κ3) is 4.67. The van der Waals surface area contributed by atoms with Crippen LogP contribution < -0.4 is 16.0 Å². The van der Waals surface area contributed by atoms with Gasteiger partial charge in [-0.3, -0.25) is 9.59 Å². The summed E-state index contributed by atoms with van der Waals surface area (Å²) in [6.07, 6.45) is 0.218. The highest BCUT2D eigenvalue weighted by molar-refractivity contribution is 5.79. The molecule has 2 aromatic rings. The third-order valence-electron chi connectivity index (χ3n) is 4.36. The predicted octanol–water partition coefficient (Wildman–Crippen LogP) is 2.17. The maximum atomic E-state index is 12.3. The molecule has 0 saturated heterocycles. The normalized spacial score (nSPS) is 13.8. The minimum absolute atomic E-state index is 0.0822. The first kappa shape index (κ1) is 17.2. The molecule has 5 nitrogen and oxygen atoms in total. The summed E-state index contributed by atoms with van der Waals surface area (Å²) < 4.78 is 0. The molecule has 25 heavy (non-hydrogen) atoms. The number of rotatable bonds is 6. The zero-order valence-electron chi connectivity index (χ0n) is 14.3. The number of hydrogen-bond donors (Lipinski definition) is 3. The van der Waals surface area contributed by atoms with Crippen molar-refractivity contribution in [2.24, 2.45) is 0 Å². The van der Waals surface area contributed by atoms with Gasteiger partial charge in [-0.25, -0.2) is 0 Å². The molecule has 0 spiro atoms. The lowest BCUT2D eigenvalue weighted by molar-refractivity contribution is -0.122. The number of benzene rings is 2. The molecule has 2 amide bonds. The van der Waals surface area contributed by atoms with Crippen molar-refractivity contribution in [3.8, 4) is 0 Å². The molecular weight excluding hydrogens is 314 g/mol. The molecule has 3 N–H and O–H groups in total. The summed E-state index contributed by atoms with van der Waals surface area (Å²) in [4.78, 5) is 23.8. The SMILES string of the molecule is CC(=O)NC(CC(=O)NCc1ccc2c(c1)CNC2)c1ccccc1. The quantitative estimate of drug-likeness (QED) is 0.757. The van der Waals surface area contributed by atoms with Crippen molar-refractivity contribution in [1.29, 1.82) is 0 Å². The lowest BCUT2D eigenvalue weighted by Gasteiger charge is -2.18. The summed E-state index contributed by atoms with van der Waals surface area (Å²) in [7, 11) is 0. The fraction of sp³-hybridized carbons (Fsp3) is 0.300. The lowest BCUT2D eigenvalue weighted by atomic mass is 10.0. The highest BCUT2D eigenvalue weighted by Gasteiger charge is 2.17. The minimum atomic E-state index is -0.317. The molecule has 0 fully saturated rings. The zero-order valence-corrected chi connectivity index (χ0v) is 14.3. The van der Waals surface area contributed by atoms with Crippen molar-refractivity contribution < 1.29 is 9.59 Å². The Kier molecular flexibility index (Phi) is 5.46. The monoisotopic (exact) mass is 337 g/mol. The van der Waals surface area contributed by atoms with Crippen molar-refractivity contribution in [1.82, 2.24) is 16.0 Å². The molecule has 0 bridgehead atoms. The van der Waals surface area contributed by atoms with Gasteiger partial charge < -0.3 is 16.0 Å². The van der Waals surface area contributed by atoms with Gasteiger partial charge in [0.25, 0.3) is 0 Å². The summed E-state index contributed by atoms with van der Waals surface area (Å²) >= 11 is 0. The van der Waals surface area contributed by atoms with Gasteiger partial charge in [0.2, 0.25) is 11.8 Å². The predicted molar refractivity (Wildman–Crippen MR) is 96.4 cm³/mol. The van der Waals surface area contributed by atoms with Gasteiger partial charge in [-0.15, -0.1) is 0 Å². The number of carbonyl (C=O) groups excluding carboxylic acids is 2. The highest BCUT2D eigenvalue weighted by atomic mass is 16.2. The van der Waals surface area contributed by atoms with E-state index in [-0.39, 0.29) is 24.3 Å². The maximum Gasteiger partial charge on any atom is 0.222 e. The Balaban J connectivity index is 1.59. The van der Waals surface area contributed by atoms with Crippen LogP contribution in [0.5, 0.6) is 0 Å². The van der Waals surface area contributed by atoms with Crippen molar-refractivity contribution >= 4 is 11.8 Å². The lowest BCUT2D eigenvalue weighted by Crippen LogP contribution is -2.32. The summed E-state index contributed by atoms with van der Waals surface area (Å²) in [5, 5.41) is 9.12. The van der Waals surface area contributed by atoms with Crippen LogP contribution in [0.3, 0.4) is 0 Å². The van der Waals surface area contributed by atoms with Crippen LogP contribution in [0.15, 0.2) is 48.5 Å². The second-order valence-electron chi connectivity index (χ2n) is 6.35. The Labute approximate surface area is 147 Å². The Morgan fingerprint density at radius 3 is 2.60 bits per heavy atom. The van der Waals surface area contributed by atoms with Crippen LogP contribution in [0.4, 0.5) is 0 Å². The molecule has 130 valence electrons. The van der Waals surface area contributed by atoms with Crippen molar-refractivity contribution in [3.05, 3.63) is 70.8 Å². The van der Waals surface area contributed by atoms with E-state index in [0.29, 0.717) is 6.54 Å². The van der Waals surface area contributed by atoms with Crippen molar-refractivity contribution in [3.63, 3.8) is 0 Å². The smallest absolute Gasteiger partial charge is 0.222 e. The highest BCUT2D eigenvalue weighted by Crippen LogP contribution is 2.18. The topological polar surface area (TPSA) is 70.2 Å². The molecule has 5 heteroatoms. The number of amides is 2. The Hall–Kier alpha value is -2.66. The first-order valence-electron chi connectivity index (χ1n) is 8.52. The third-order valence-corrected chi connectivity index (χ3v) is 4.36. The molecule has 1 unspecified atom stereocenters. The first-order valence-corrected chi connectivity index (χ1v) is 8.52. The molecule has 1 atom stereocenters. The summed E-state index contributed by atoms with van der Waals surface area (Å²) in [6.45, 7) is 3.76. The number of fused-ring (bicyclic) bond motifs is 1. The van der Waals surface area contributed by atoms with E-state index in [1.54, 1.807) is 0 Å². The molecular formula is C20H23N3O2. The van der Waals surface area contributed by atoms with Crippen LogP contribution in [0.1, 0.15) is 41.6 Å². The van der Waals surface area contributed by atoms with Gasteiger partial charge in [-0.1, -0.05) is 48.5 Å². The van der Waals surface area contributed by atoms with E-state index in [9.17, 15) is 9.59 Å². The van der Waals surface area contributed by atoms with Crippen LogP contribution in [0.2, 0.25) is 0 Å². The fourth-order valence-electron chi connectivity index (χ4n) is 3.10. The molecule has 0 aliphatic carbocycles. The van der Waals surface area contributed by atoms with Crippen LogP contribution in [-0.4, -0.2) is 11.8 Å². The fourth-order valence-corrected chi connectivity index (χ4v) is 3.10. The Morgan fingerprint density at radius 1 is 1.08 bits per heavy atom. The summed E-state index contributed by atoms with van der Waals surface area (Å²) in [6, 6.07) is 15.5. The van der Waals surface area contributed by atoms with Gasteiger partial charge >= 0.3 is 0 Å². The number of nitrogens with one attached hydrogen (secondary N) is 3. The van der Waals surface area contributed by atoms with Gasteiger partial charge in [0.05, 0.1) is 12.5 Å². The molecule has 1 heterocycles. The molecule has 2 aromatic carbocycles. The van der Waals surface area contributed by atoms with E-state index in [1.807, 2.05) is 30.3 Å². The van der Waals surface area contributed by atoms with Crippen LogP contribution in [0.25, 0.3) is 0 Å². The molecule has 1 aliphatic heterocycles. The van der Waals surface area contributed by atoms with E-state index in [2.05, 4.69) is 34.1 Å². The zero-order chi connectivity index (χ0) is 17.6. The van der Waals surface area contributed by atoms with E-state index < -0.39 is 0 Å². The average Bonchev–Trinajstić information content (AvgIpc) is 3.07. The molecule has 0 aromatic heterocycles. The van der Waals surface area contributed by atoms with Crippen LogP contribution in [0, 0.1) is 0 Å². The standard InChI is InChI=1S/C20H23N3O2/c1-14(24)23-19(16-5-3-2-4-6-16)10-20(25)22-11-15-7-8-17-12-21-13-18(17)9-15/h2-9,19,21H,10-13H2,1H3,(H,22,25)(H,23,24). The molecule has 3 rings (SSSR count). The molecule has 1 aliphatic rings. The van der Waals surface area contributed by atoms with Gasteiger partial charge in [0.15, 0.2) is 0 Å². The van der Waals surface area contributed by atoms with Crippen LogP contribution in [-0.2, 0) is 29.2 Å². The van der Waals surface area contributed by atoms with Crippen molar-refractivity contribution in [2.45, 2.75) is 39.0 Å². The second kappa shape index (κ2) is 7.94. The largest absolute Gasteiger partial charge is 0.352 e. The van der Waals surface area contributed by atoms with E-state index in [1.165, 1.54) is 18.1 Å². The second-order valence-corrected chi connectivity index (χ2v) is 6.35. The first-order chi connectivity index (χ1) is 12.1. The van der Waals surface area contributed by atoms with Gasteiger partial charge in [0, 0.05) is 26.6 Å². The number of carbonyl (C=O) groups is 2. The van der Waals surface area contributed by atoms with E-state index in [4.69, 9.17) is 0 Å². The Bertz CT molecular complexity index is 759. The molecule has 0 saturated carbocycles. The van der Waals surface area contributed by atoms with E-state index >= 15 is 0 Å². The number of hydrogen-bond acceptors (Lipinski definition) is 3. The Morgan fingerprint density at radius 2 is 1.84 bits per heavy atom.